The maximum atomic E-state index is 12.9. The Balaban J connectivity index is 1.24. The number of fused-ring (bicyclic) bond motifs is 1. The zero-order valence-corrected chi connectivity index (χ0v) is 15.9. The van der Waals surface area contributed by atoms with E-state index in [1.807, 2.05) is 11.0 Å². The van der Waals surface area contributed by atoms with Crippen LogP contribution in [0, 0.1) is 5.92 Å². The van der Waals surface area contributed by atoms with Crippen LogP contribution >= 0.6 is 0 Å². The number of ether oxygens (including phenoxy) is 1. The largest absolute Gasteiger partial charge is 0.376 e. The molecule has 2 atom stereocenters. The molecule has 6 heteroatoms. The van der Waals surface area contributed by atoms with Crippen molar-refractivity contribution in [2.75, 3.05) is 26.2 Å². The van der Waals surface area contributed by atoms with Gasteiger partial charge in [-0.05, 0) is 31.2 Å². The quantitative estimate of drug-likeness (QED) is 0.793. The minimum Gasteiger partial charge on any atom is -0.376 e. The molecule has 0 spiro atoms. The molecule has 4 rings (SSSR count). The Labute approximate surface area is 160 Å². The maximum Gasteiger partial charge on any atom is 0.281 e. The average Bonchev–Trinajstić information content (AvgIpc) is 3.25. The summed E-state index contributed by atoms with van der Waals surface area (Å²) < 4.78 is 5.56. The second-order valence-corrected chi connectivity index (χ2v) is 8.00. The Morgan fingerprint density at radius 3 is 2.67 bits per heavy atom. The summed E-state index contributed by atoms with van der Waals surface area (Å²) in [6, 6.07) is 8.36. The highest BCUT2D eigenvalue weighted by Crippen LogP contribution is 2.20. The Kier molecular flexibility index (Phi) is 5.74. The third-order valence-electron chi connectivity index (χ3n) is 6.20. The highest BCUT2D eigenvalue weighted by molar-refractivity contribution is 5.82. The molecule has 0 aromatic heterocycles. The molecule has 0 aliphatic carbocycles. The molecule has 1 aromatic rings. The van der Waals surface area contributed by atoms with Gasteiger partial charge in [-0.15, -0.1) is 0 Å². The molecule has 1 aromatic carbocycles. The molecule has 2 saturated heterocycles. The number of nitrogens with zero attached hydrogens (tertiary/aromatic N) is 1. The molecule has 3 N–H and O–H groups in total. The van der Waals surface area contributed by atoms with Crippen molar-refractivity contribution in [3.63, 3.8) is 0 Å². The molecule has 27 heavy (non-hydrogen) atoms. The molecule has 2 amide bonds. The van der Waals surface area contributed by atoms with Crippen LogP contribution in [0.5, 0.6) is 0 Å². The second-order valence-electron chi connectivity index (χ2n) is 8.00. The summed E-state index contributed by atoms with van der Waals surface area (Å²) in [7, 11) is 0. The molecule has 146 valence electrons. The minimum atomic E-state index is -0.0233. The van der Waals surface area contributed by atoms with Gasteiger partial charge in [0.25, 0.3) is 5.91 Å². The SMILES string of the molecule is O=C(NC[C@@H]1CCCO1)C1CCN(C(=O)[C@@H]2Cc3ccccc3C[NH2+]2)CC1. The lowest BCUT2D eigenvalue weighted by Gasteiger charge is -2.34. The summed E-state index contributed by atoms with van der Waals surface area (Å²) in [5.74, 6) is 0.366. The number of nitrogens with one attached hydrogen (secondary N) is 1. The van der Waals surface area contributed by atoms with Crippen molar-refractivity contribution in [3.05, 3.63) is 35.4 Å². The third-order valence-corrected chi connectivity index (χ3v) is 6.20. The molecule has 0 radical (unpaired) electrons. The van der Waals surface area contributed by atoms with Gasteiger partial charge in [-0.2, -0.15) is 0 Å². The average molecular weight is 372 g/mol. The topological polar surface area (TPSA) is 75.2 Å². The van der Waals surface area contributed by atoms with Gasteiger partial charge in [0.1, 0.15) is 6.54 Å². The van der Waals surface area contributed by atoms with E-state index < -0.39 is 0 Å². The van der Waals surface area contributed by atoms with E-state index >= 15 is 0 Å². The molecule has 0 saturated carbocycles. The first-order chi connectivity index (χ1) is 13.2. The molecule has 2 fully saturated rings. The lowest BCUT2D eigenvalue weighted by molar-refractivity contribution is -0.695. The van der Waals surface area contributed by atoms with E-state index in [1.165, 1.54) is 11.1 Å². The van der Waals surface area contributed by atoms with Crippen LogP contribution in [0.3, 0.4) is 0 Å². The molecule has 6 nitrogen and oxygen atoms in total. The van der Waals surface area contributed by atoms with E-state index in [0.29, 0.717) is 19.6 Å². The normalized spacial score (nSPS) is 25.9. The summed E-state index contributed by atoms with van der Waals surface area (Å²) in [5.41, 5.74) is 2.63. The summed E-state index contributed by atoms with van der Waals surface area (Å²) in [6.45, 7) is 3.67. The summed E-state index contributed by atoms with van der Waals surface area (Å²) >= 11 is 0. The van der Waals surface area contributed by atoms with Crippen LogP contribution < -0.4 is 10.6 Å². The molecular formula is C21H30N3O3+. The van der Waals surface area contributed by atoms with Gasteiger partial charge in [-0.1, -0.05) is 24.3 Å². The Bertz CT molecular complexity index is 679. The fraction of sp³-hybridized carbons (Fsp3) is 0.619. The number of carbonyl (C=O) groups excluding carboxylic acids is 2. The number of nitrogens with two attached hydrogens (primary N) is 1. The van der Waals surface area contributed by atoms with E-state index in [4.69, 9.17) is 4.74 Å². The third kappa shape index (κ3) is 4.33. The van der Waals surface area contributed by atoms with Crippen LogP contribution in [-0.4, -0.2) is 55.1 Å². The summed E-state index contributed by atoms with van der Waals surface area (Å²) in [6.07, 6.45) is 4.62. The van der Waals surface area contributed by atoms with Crippen molar-refractivity contribution >= 4 is 11.8 Å². The number of quaternary nitrogens is 1. The van der Waals surface area contributed by atoms with E-state index in [0.717, 1.165) is 45.3 Å². The first-order valence-corrected chi connectivity index (χ1v) is 10.3. The second kappa shape index (κ2) is 8.40. The van der Waals surface area contributed by atoms with Crippen molar-refractivity contribution in [2.45, 2.75) is 50.8 Å². The van der Waals surface area contributed by atoms with Gasteiger partial charge in [-0.25, -0.2) is 0 Å². The highest BCUT2D eigenvalue weighted by Gasteiger charge is 2.34. The van der Waals surface area contributed by atoms with Gasteiger partial charge >= 0.3 is 0 Å². The monoisotopic (exact) mass is 372 g/mol. The summed E-state index contributed by atoms with van der Waals surface area (Å²) in [5, 5.41) is 5.20. The van der Waals surface area contributed by atoms with Crippen LogP contribution in [0.1, 0.15) is 36.8 Å². The van der Waals surface area contributed by atoms with Crippen molar-refractivity contribution < 1.29 is 19.6 Å². The Hall–Kier alpha value is -1.92. The Morgan fingerprint density at radius 2 is 1.93 bits per heavy atom. The first-order valence-electron chi connectivity index (χ1n) is 10.3. The van der Waals surface area contributed by atoms with E-state index in [9.17, 15) is 9.59 Å². The number of hydrogen-bond donors (Lipinski definition) is 2. The number of rotatable bonds is 4. The van der Waals surface area contributed by atoms with Gasteiger partial charge in [0.2, 0.25) is 5.91 Å². The molecule has 0 unspecified atom stereocenters. The number of piperidine rings is 1. The number of amides is 2. The van der Waals surface area contributed by atoms with Gasteiger partial charge in [0.15, 0.2) is 6.04 Å². The van der Waals surface area contributed by atoms with E-state index in [2.05, 4.69) is 28.8 Å². The smallest absolute Gasteiger partial charge is 0.281 e. The minimum absolute atomic E-state index is 0.0199. The molecule has 3 aliphatic heterocycles. The van der Waals surface area contributed by atoms with Crippen molar-refractivity contribution in [2.24, 2.45) is 5.92 Å². The number of likely N-dealkylation sites (tertiary alicyclic amines) is 1. The Morgan fingerprint density at radius 1 is 1.15 bits per heavy atom. The van der Waals surface area contributed by atoms with Crippen LogP contribution in [0.4, 0.5) is 0 Å². The molecular weight excluding hydrogens is 342 g/mol. The number of hydrogen-bond acceptors (Lipinski definition) is 3. The lowest BCUT2D eigenvalue weighted by atomic mass is 9.92. The summed E-state index contributed by atoms with van der Waals surface area (Å²) in [4.78, 5) is 27.3. The van der Waals surface area contributed by atoms with Crippen molar-refractivity contribution in [1.29, 1.82) is 0 Å². The first kappa shape index (κ1) is 18.4. The zero-order valence-electron chi connectivity index (χ0n) is 15.9. The van der Waals surface area contributed by atoms with E-state index in [-0.39, 0.29) is 29.9 Å². The van der Waals surface area contributed by atoms with Gasteiger partial charge in [0, 0.05) is 44.1 Å². The lowest BCUT2D eigenvalue weighted by Crippen LogP contribution is -2.93. The van der Waals surface area contributed by atoms with Crippen molar-refractivity contribution in [1.82, 2.24) is 10.2 Å². The van der Waals surface area contributed by atoms with Gasteiger partial charge < -0.3 is 20.3 Å². The van der Waals surface area contributed by atoms with Crippen LogP contribution in [0.25, 0.3) is 0 Å². The van der Waals surface area contributed by atoms with Crippen LogP contribution in [0.2, 0.25) is 0 Å². The van der Waals surface area contributed by atoms with E-state index in [1.54, 1.807) is 0 Å². The van der Waals surface area contributed by atoms with Gasteiger partial charge in [-0.3, -0.25) is 9.59 Å². The highest BCUT2D eigenvalue weighted by atomic mass is 16.5. The maximum absolute atomic E-state index is 12.9. The van der Waals surface area contributed by atoms with Gasteiger partial charge in [0.05, 0.1) is 6.10 Å². The fourth-order valence-corrected chi connectivity index (χ4v) is 4.49. The molecule has 3 heterocycles. The fourth-order valence-electron chi connectivity index (χ4n) is 4.49. The van der Waals surface area contributed by atoms with Crippen molar-refractivity contribution in [3.8, 4) is 0 Å². The predicted octanol–water partition coefficient (Wildman–Crippen LogP) is 0.209. The standard InChI is InChI=1S/C21H29N3O3/c25-20(23-14-18-6-3-11-27-18)15-7-9-24(10-8-15)21(26)19-12-16-4-1-2-5-17(16)13-22-19/h1-2,4-5,15,18-19,22H,3,6-14H2,(H,23,25)/p+1/t18-,19-/m0/s1. The number of carbonyl (C=O) groups is 2. The molecule has 3 aliphatic rings. The number of benzene rings is 1. The predicted molar refractivity (Wildman–Crippen MR) is 101 cm³/mol. The zero-order chi connectivity index (χ0) is 18.6. The van der Waals surface area contributed by atoms with Crippen LogP contribution in [0.15, 0.2) is 24.3 Å². The van der Waals surface area contributed by atoms with Crippen LogP contribution in [-0.2, 0) is 27.3 Å². The molecule has 0 bridgehead atoms.